The topological polar surface area (TPSA) is 57.2 Å². The van der Waals surface area contributed by atoms with Crippen molar-refractivity contribution in [1.82, 2.24) is 0 Å². The van der Waals surface area contributed by atoms with Crippen LogP contribution in [0.25, 0.3) is 0 Å². The number of aliphatic hydroxyl groups excluding tert-OH is 1. The standard InChI is InChI=1S/C16H22O5/c1-16(2)20-13-12(19-15(18-3)14(13)21-16)11(17)9-10-7-5-4-6-8-10/h4-8,11-15,17H,9H2,1-3H3/t11-,12-,13+,14+,15+/m1/s1. The highest BCUT2D eigenvalue weighted by Crippen LogP contribution is 2.40. The second-order valence-corrected chi connectivity index (χ2v) is 6.03. The molecular weight excluding hydrogens is 272 g/mol. The van der Waals surface area contributed by atoms with Crippen LogP contribution < -0.4 is 0 Å². The van der Waals surface area contributed by atoms with Gasteiger partial charge in [0.2, 0.25) is 0 Å². The summed E-state index contributed by atoms with van der Waals surface area (Å²) in [6.07, 6.45) is -1.75. The zero-order chi connectivity index (χ0) is 15.0. The number of hydrogen-bond donors (Lipinski definition) is 1. The largest absolute Gasteiger partial charge is 0.390 e. The lowest BCUT2D eigenvalue weighted by Crippen LogP contribution is -2.39. The molecule has 3 rings (SSSR count). The molecule has 5 nitrogen and oxygen atoms in total. The molecule has 2 aliphatic rings. The molecule has 1 aromatic carbocycles. The van der Waals surface area contributed by atoms with Crippen LogP contribution >= 0.6 is 0 Å². The first-order valence-corrected chi connectivity index (χ1v) is 7.26. The second kappa shape index (κ2) is 5.66. The van der Waals surface area contributed by atoms with Crippen molar-refractivity contribution in [3.8, 4) is 0 Å². The molecule has 5 heteroatoms. The normalized spacial score (nSPS) is 35.6. The molecule has 0 aliphatic carbocycles. The van der Waals surface area contributed by atoms with Crippen molar-refractivity contribution in [3.63, 3.8) is 0 Å². The number of hydrogen-bond acceptors (Lipinski definition) is 5. The zero-order valence-corrected chi connectivity index (χ0v) is 12.6. The van der Waals surface area contributed by atoms with Crippen molar-refractivity contribution in [1.29, 1.82) is 0 Å². The maximum atomic E-state index is 10.5. The molecule has 1 aromatic rings. The van der Waals surface area contributed by atoms with Crippen molar-refractivity contribution in [2.75, 3.05) is 7.11 Å². The Kier molecular flexibility index (Phi) is 4.03. The van der Waals surface area contributed by atoms with Crippen LogP contribution in [0.4, 0.5) is 0 Å². The molecule has 2 heterocycles. The third-order valence-corrected chi connectivity index (χ3v) is 3.95. The van der Waals surface area contributed by atoms with Gasteiger partial charge in [-0.15, -0.1) is 0 Å². The smallest absolute Gasteiger partial charge is 0.186 e. The quantitative estimate of drug-likeness (QED) is 0.911. The first-order chi connectivity index (χ1) is 10.00. The van der Waals surface area contributed by atoms with Crippen LogP contribution in [-0.4, -0.2) is 48.7 Å². The summed E-state index contributed by atoms with van der Waals surface area (Å²) in [6, 6.07) is 9.83. The zero-order valence-electron chi connectivity index (χ0n) is 12.6. The van der Waals surface area contributed by atoms with Gasteiger partial charge in [0.1, 0.15) is 18.3 Å². The maximum absolute atomic E-state index is 10.5. The molecule has 0 unspecified atom stereocenters. The van der Waals surface area contributed by atoms with E-state index in [0.717, 1.165) is 5.56 Å². The fraction of sp³-hybridized carbons (Fsp3) is 0.625. The van der Waals surface area contributed by atoms with Crippen molar-refractivity contribution >= 4 is 0 Å². The predicted molar refractivity (Wildman–Crippen MR) is 75.6 cm³/mol. The summed E-state index contributed by atoms with van der Waals surface area (Å²) in [5.41, 5.74) is 1.06. The number of benzene rings is 1. The van der Waals surface area contributed by atoms with Gasteiger partial charge >= 0.3 is 0 Å². The minimum absolute atomic E-state index is 0.305. The van der Waals surface area contributed by atoms with Crippen LogP contribution in [0, 0.1) is 0 Å². The van der Waals surface area contributed by atoms with Gasteiger partial charge in [0.15, 0.2) is 12.1 Å². The molecular formula is C16H22O5. The predicted octanol–water partition coefficient (Wildman–Crippen LogP) is 1.48. The molecule has 0 amide bonds. The highest BCUT2D eigenvalue weighted by atomic mass is 16.8. The molecule has 1 N–H and O–H groups in total. The highest BCUT2D eigenvalue weighted by Gasteiger charge is 2.57. The highest BCUT2D eigenvalue weighted by molar-refractivity contribution is 5.16. The molecule has 2 saturated heterocycles. The lowest BCUT2D eigenvalue weighted by molar-refractivity contribution is -0.236. The molecule has 0 saturated carbocycles. The summed E-state index contributed by atoms with van der Waals surface area (Å²) in [5, 5.41) is 10.5. The van der Waals surface area contributed by atoms with Crippen LogP contribution in [0.2, 0.25) is 0 Å². The SMILES string of the molecule is CO[C@H]1O[C@H]([C@H](O)Cc2ccccc2)[C@@H]2OC(C)(C)O[C@H]12. The van der Waals surface area contributed by atoms with Gasteiger partial charge < -0.3 is 24.1 Å². The van der Waals surface area contributed by atoms with Gasteiger partial charge in [-0.25, -0.2) is 0 Å². The lowest BCUT2D eigenvalue weighted by Gasteiger charge is -2.26. The van der Waals surface area contributed by atoms with Gasteiger partial charge in [-0.3, -0.25) is 0 Å². The van der Waals surface area contributed by atoms with Gasteiger partial charge in [0.25, 0.3) is 0 Å². The van der Waals surface area contributed by atoms with Gasteiger partial charge in [0, 0.05) is 13.5 Å². The van der Waals surface area contributed by atoms with Crippen LogP contribution in [0.1, 0.15) is 19.4 Å². The Balaban J connectivity index is 1.72. The van der Waals surface area contributed by atoms with Crippen LogP contribution in [0.3, 0.4) is 0 Å². The van der Waals surface area contributed by atoms with Crippen molar-refractivity contribution < 1.29 is 24.1 Å². The maximum Gasteiger partial charge on any atom is 0.186 e. The van der Waals surface area contributed by atoms with Gasteiger partial charge in [-0.05, 0) is 19.4 Å². The van der Waals surface area contributed by atoms with E-state index in [-0.39, 0.29) is 12.2 Å². The van der Waals surface area contributed by atoms with Crippen molar-refractivity contribution in [3.05, 3.63) is 35.9 Å². The monoisotopic (exact) mass is 294 g/mol. The first kappa shape index (κ1) is 14.9. The van der Waals surface area contributed by atoms with Gasteiger partial charge in [-0.1, -0.05) is 30.3 Å². The third-order valence-electron chi connectivity index (χ3n) is 3.95. The second-order valence-electron chi connectivity index (χ2n) is 6.03. The number of rotatable bonds is 4. The average molecular weight is 294 g/mol. The molecule has 0 aromatic heterocycles. The summed E-state index contributed by atoms with van der Waals surface area (Å²) >= 11 is 0. The molecule has 0 radical (unpaired) electrons. The minimum atomic E-state index is -0.680. The van der Waals surface area contributed by atoms with Gasteiger partial charge in [-0.2, -0.15) is 0 Å². The molecule has 0 spiro atoms. The minimum Gasteiger partial charge on any atom is -0.390 e. The Morgan fingerprint density at radius 2 is 1.86 bits per heavy atom. The molecule has 2 aliphatic heterocycles. The average Bonchev–Trinajstić information content (AvgIpc) is 2.92. The molecule has 116 valence electrons. The lowest BCUT2D eigenvalue weighted by atomic mass is 9.99. The number of fused-ring (bicyclic) bond motifs is 1. The fourth-order valence-corrected chi connectivity index (χ4v) is 3.06. The van der Waals surface area contributed by atoms with E-state index in [1.54, 1.807) is 7.11 Å². The van der Waals surface area contributed by atoms with Crippen molar-refractivity contribution in [2.45, 2.75) is 56.8 Å². The number of methoxy groups -OCH3 is 1. The molecule has 2 fully saturated rings. The Labute approximate surface area is 124 Å². The van der Waals surface area contributed by atoms with E-state index in [1.807, 2.05) is 44.2 Å². The van der Waals surface area contributed by atoms with E-state index in [2.05, 4.69) is 0 Å². The summed E-state index contributed by atoms with van der Waals surface area (Å²) in [5.74, 6) is -0.680. The first-order valence-electron chi connectivity index (χ1n) is 7.26. The van der Waals surface area contributed by atoms with E-state index >= 15 is 0 Å². The van der Waals surface area contributed by atoms with E-state index in [9.17, 15) is 5.11 Å². The van der Waals surface area contributed by atoms with Crippen LogP contribution in [0.5, 0.6) is 0 Å². The Hall–Kier alpha value is -0.980. The summed E-state index contributed by atoms with van der Waals surface area (Å²) in [7, 11) is 1.57. The molecule has 21 heavy (non-hydrogen) atoms. The van der Waals surface area contributed by atoms with Crippen LogP contribution in [0.15, 0.2) is 30.3 Å². The van der Waals surface area contributed by atoms with Crippen LogP contribution in [-0.2, 0) is 25.4 Å². The van der Waals surface area contributed by atoms with Crippen molar-refractivity contribution in [2.24, 2.45) is 0 Å². The van der Waals surface area contributed by atoms with Gasteiger partial charge in [0.05, 0.1) is 6.10 Å². The summed E-state index contributed by atoms with van der Waals surface area (Å²) in [4.78, 5) is 0. The van der Waals surface area contributed by atoms with E-state index in [4.69, 9.17) is 18.9 Å². The summed E-state index contributed by atoms with van der Waals surface area (Å²) in [6.45, 7) is 3.72. The fourth-order valence-electron chi connectivity index (χ4n) is 3.06. The van der Waals surface area contributed by atoms with E-state index in [0.29, 0.717) is 6.42 Å². The molecule has 5 atom stereocenters. The summed E-state index contributed by atoms with van der Waals surface area (Å²) < 4.78 is 22.8. The third kappa shape index (κ3) is 2.98. The Morgan fingerprint density at radius 3 is 2.52 bits per heavy atom. The Morgan fingerprint density at radius 1 is 1.19 bits per heavy atom. The number of aliphatic hydroxyl groups is 1. The Bertz CT molecular complexity index is 475. The number of ether oxygens (including phenoxy) is 4. The van der Waals surface area contributed by atoms with E-state index in [1.165, 1.54) is 0 Å². The van der Waals surface area contributed by atoms with E-state index < -0.39 is 24.3 Å². The molecule has 0 bridgehead atoms.